The lowest BCUT2D eigenvalue weighted by Crippen LogP contribution is -2.20. The van der Waals surface area contributed by atoms with Gasteiger partial charge >= 0.3 is 7.32 Å². The molecule has 0 aromatic rings. The van der Waals surface area contributed by atoms with Gasteiger partial charge in [-0.3, -0.25) is 0 Å². The van der Waals surface area contributed by atoms with Crippen molar-refractivity contribution in [3.05, 3.63) is 0 Å². The number of aliphatic hydroxyl groups is 1. The second-order valence-electron chi connectivity index (χ2n) is 0.779. The van der Waals surface area contributed by atoms with Crippen LogP contribution < -0.4 is 5.90 Å². The van der Waals surface area contributed by atoms with Crippen LogP contribution in [0.1, 0.15) is 6.92 Å². The van der Waals surface area contributed by atoms with Gasteiger partial charge in [0.1, 0.15) is 0 Å². The number of nitrogens with two attached hydrogens (primary N) is 1. The molecule has 0 aliphatic carbocycles. The van der Waals surface area contributed by atoms with Crippen LogP contribution in [0.2, 0.25) is 0 Å². The minimum atomic E-state index is -1.84. The monoisotopic (exact) mass is 123 g/mol. The maximum absolute atomic E-state index is 7.57. The molecule has 5 N–H and O–H groups in total. The van der Waals surface area contributed by atoms with E-state index >= 15 is 0 Å². The third kappa shape index (κ3) is 39.9. The Kier molecular flexibility index (Phi) is 13.4. The summed E-state index contributed by atoms with van der Waals surface area (Å²) in [6.45, 7) is 1.93. The lowest BCUT2D eigenvalue weighted by atomic mass is 10.3. The van der Waals surface area contributed by atoms with Crippen molar-refractivity contribution in [1.82, 2.24) is 0 Å². The van der Waals surface area contributed by atoms with Gasteiger partial charge in [0.15, 0.2) is 0 Å². The van der Waals surface area contributed by atoms with E-state index in [0.29, 0.717) is 0 Å². The van der Waals surface area contributed by atoms with Gasteiger partial charge in [0, 0.05) is 6.61 Å². The molecule has 0 aliphatic heterocycles. The smallest absolute Gasteiger partial charge is 0.401 e. The highest BCUT2D eigenvalue weighted by atomic mass is 16.7. The molecule has 0 aromatic heterocycles. The highest BCUT2D eigenvalue weighted by Crippen LogP contribution is 1.54. The van der Waals surface area contributed by atoms with E-state index in [9.17, 15) is 0 Å². The van der Waals surface area contributed by atoms with Crippen molar-refractivity contribution in [2.45, 2.75) is 6.92 Å². The molecular weight excluding hydrogens is 113 g/mol. The molecule has 8 heavy (non-hydrogen) atoms. The van der Waals surface area contributed by atoms with Crippen LogP contribution in [0.25, 0.3) is 0 Å². The molecule has 50 valence electrons. The molecule has 0 unspecified atom stereocenters. The Morgan fingerprint density at radius 1 is 1.62 bits per heavy atom. The van der Waals surface area contributed by atoms with Gasteiger partial charge in [-0.2, -0.15) is 0 Å². The second-order valence-corrected chi connectivity index (χ2v) is 0.779. The average molecular weight is 123 g/mol. The SMILES string of the molecule is CCO.NOB(O)O. The van der Waals surface area contributed by atoms with Gasteiger partial charge in [0.25, 0.3) is 0 Å². The molecule has 0 radical (unpaired) electrons. The summed E-state index contributed by atoms with van der Waals surface area (Å²) in [5, 5.41) is 22.7. The largest absolute Gasteiger partial charge is 0.651 e. The van der Waals surface area contributed by atoms with E-state index in [2.05, 4.69) is 10.7 Å². The molecule has 0 spiro atoms. The number of aliphatic hydroxyl groups excluding tert-OH is 1. The van der Waals surface area contributed by atoms with Crippen molar-refractivity contribution in [3.8, 4) is 0 Å². The number of hydrogen-bond acceptors (Lipinski definition) is 5. The molecule has 0 rings (SSSR count). The summed E-state index contributed by atoms with van der Waals surface area (Å²) < 4.78 is 3.36. The quantitative estimate of drug-likeness (QED) is 0.235. The van der Waals surface area contributed by atoms with Crippen LogP contribution in [0.15, 0.2) is 0 Å². The van der Waals surface area contributed by atoms with E-state index < -0.39 is 7.32 Å². The Morgan fingerprint density at radius 2 is 1.75 bits per heavy atom. The predicted octanol–water partition coefficient (Wildman–Crippen LogP) is -2.16. The highest BCUT2D eigenvalue weighted by molar-refractivity contribution is 6.32. The van der Waals surface area contributed by atoms with Crippen LogP contribution in [0.3, 0.4) is 0 Å². The summed E-state index contributed by atoms with van der Waals surface area (Å²) in [7, 11) is -1.84. The molecule has 0 saturated carbocycles. The number of hydrogen-bond donors (Lipinski definition) is 4. The zero-order valence-electron chi connectivity index (χ0n) is 4.61. The van der Waals surface area contributed by atoms with Gasteiger partial charge in [0.2, 0.25) is 0 Å². The van der Waals surface area contributed by atoms with E-state index in [1.807, 2.05) is 0 Å². The van der Waals surface area contributed by atoms with Crippen LogP contribution >= 0.6 is 0 Å². The molecule has 0 aliphatic rings. The lowest BCUT2D eigenvalue weighted by Gasteiger charge is -1.84. The van der Waals surface area contributed by atoms with Gasteiger partial charge in [0.05, 0.1) is 0 Å². The molecule has 5 nitrogen and oxygen atoms in total. The first-order valence-corrected chi connectivity index (χ1v) is 2.01. The van der Waals surface area contributed by atoms with Gasteiger partial charge in [-0.15, -0.1) is 0 Å². The molecule has 0 fully saturated rings. The Hall–Kier alpha value is -0.135. The molecule has 0 saturated heterocycles. The summed E-state index contributed by atoms with van der Waals surface area (Å²) in [5.41, 5.74) is 0. The molecule has 0 bridgehead atoms. The van der Waals surface area contributed by atoms with Crippen LogP contribution in [-0.2, 0) is 4.76 Å². The van der Waals surface area contributed by atoms with Crippen LogP contribution in [-0.4, -0.2) is 29.1 Å². The molecule has 0 heterocycles. The molecular formula is C2H10BNO4. The van der Waals surface area contributed by atoms with Crippen molar-refractivity contribution in [2.75, 3.05) is 6.61 Å². The maximum atomic E-state index is 7.57. The van der Waals surface area contributed by atoms with Crippen molar-refractivity contribution in [3.63, 3.8) is 0 Å². The van der Waals surface area contributed by atoms with E-state index in [0.717, 1.165) is 0 Å². The zero-order chi connectivity index (χ0) is 6.99. The zero-order valence-corrected chi connectivity index (χ0v) is 4.61. The van der Waals surface area contributed by atoms with Crippen molar-refractivity contribution in [1.29, 1.82) is 0 Å². The first-order valence-electron chi connectivity index (χ1n) is 2.01. The van der Waals surface area contributed by atoms with Gasteiger partial charge in [-0.05, 0) is 6.92 Å². The number of rotatable bonds is 1. The van der Waals surface area contributed by atoms with E-state index in [1.165, 1.54) is 0 Å². The first kappa shape index (κ1) is 10.8. The van der Waals surface area contributed by atoms with Gasteiger partial charge in [-0.25, -0.2) is 5.90 Å². The van der Waals surface area contributed by atoms with E-state index in [1.54, 1.807) is 6.92 Å². The summed E-state index contributed by atoms with van der Waals surface area (Å²) in [5.74, 6) is 4.17. The van der Waals surface area contributed by atoms with Gasteiger partial charge in [-0.1, -0.05) is 0 Å². The fraction of sp³-hybridized carbons (Fsp3) is 1.00. The highest BCUT2D eigenvalue weighted by Gasteiger charge is 2.01. The minimum absolute atomic E-state index is 0.250. The molecule has 0 atom stereocenters. The topological polar surface area (TPSA) is 95.9 Å². The third-order valence-electron chi connectivity index (χ3n) is 0.122. The van der Waals surface area contributed by atoms with Crippen molar-refractivity contribution in [2.24, 2.45) is 5.90 Å². The predicted molar refractivity (Wildman–Crippen MR) is 28.2 cm³/mol. The van der Waals surface area contributed by atoms with E-state index in [-0.39, 0.29) is 6.61 Å². The second kappa shape index (κ2) is 9.98. The van der Waals surface area contributed by atoms with Gasteiger partial charge < -0.3 is 19.9 Å². The first-order chi connectivity index (χ1) is 3.68. The van der Waals surface area contributed by atoms with Crippen LogP contribution in [0, 0.1) is 0 Å². The minimum Gasteiger partial charge on any atom is -0.401 e. The Balaban J connectivity index is 0. The fourth-order valence-electron chi connectivity index (χ4n) is 0. The molecule has 0 amide bonds. The van der Waals surface area contributed by atoms with Crippen molar-refractivity contribution >= 4 is 7.32 Å². The Labute approximate surface area is 47.8 Å². The van der Waals surface area contributed by atoms with Crippen molar-refractivity contribution < 1.29 is 19.9 Å². The average Bonchev–Trinajstić information content (AvgIpc) is 1.69. The molecule has 6 heteroatoms. The standard InChI is InChI=1S/C2H6O.BH4NO3/c1-2-3;2-5-1(3)4/h3H,2H2,1H3;3-4H,2H2. The normalized spacial score (nSPS) is 7.12. The molecule has 0 aromatic carbocycles. The summed E-state index contributed by atoms with van der Waals surface area (Å²) in [6.07, 6.45) is 0. The summed E-state index contributed by atoms with van der Waals surface area (Å²) in [4.78, 5) is 0. The summed E-state index contributed by atoms with van der Waals surface area (Å²) >= 11 is 0. The van der Waals surface area contributed by atoms with E-state index in [4.69, 9.17) is 15.2 Å². The third-order valence-corrected chi connectivity index (χ3v) is 0.122. The Morgan fingerprint density at radius 3 is 1.75 bits per heavy atom. The van der Waals surface area contributed by atoms with Crippen LogP contribution in [0.5, 0.6) is 0 Å². The van der Waals surface area contributed by atoms with Crippen LogP contribution in [0.4, 0.5) is 0 Å². The maximum Gasteiger partial charge on any atom is 0.651 e. The fourth-order valence-corrected chi connectivity index (χ4v) is 0. The lowest BCUT2D eigenvalue weighted by molar-refractivity contribution is 0.190. The Bertz CT molecular complexity index is 35.2. The summed E-state index contributed by atoms with van der Waals surface area (Å²) in [6, 6.07) is 0.